The average Bonchev–Trinajstić information content (AvgIpc) is 2.46. The first kappa shape index (κ1) is 15.7. The molecular weight excluding hydrogens is 336 g/mol. The summed E-state index contributed by atoms with van der Waals surface area (Å²) in [5.74, 6) is 0.300. The van der Waals surface area contributed by atoms with Crippen molar-refractivity contribution in [2.45, 2.75) is 31.6 Å². The molecule has 112 valence electrons. The van der Waals surface area contributed by atoms with Crippen LogP contribution in [0, 0.1) is 0 Å². The molecule has 0 radical (unpaired) electrons. The minimum absolute atomic E-state index is 0.0861. The molecule has 5 nitrogen and oxygen atoms in total. The highest BCUT2D eigenvalue weighted by molar-refractivity contribution is 9.09. The van der Waals surface area contributed by atoms with Gasteiger partial charge in [-0.15, -0.1) is 0 Å². The molecule has 1 atom stereocenters. The van der Waals surface area contributed by atoms with Crippen molar-refractivity contribution in [3.05, 3.63) is 40.4 Å². The van der Waals surface area contributed by atoms with Gasteiger partial charge < -0.3 is 4.74 Å². The topological polar surface area (TPSA) is 61.2 Å². The van der Waals surface area contributed by atoms with Gasteiger partial charge in [0.05, 0.1) is 28.8 Å². The summed E-state index contributed by atoms with van der Waals surface area (Å²) in [6.07, 6.45) is 0.153. The van der Waals surface area contributed by atoms with Crippen molar-refractivity contribution in [1.29, 1.82) is 0 Å². The highest BCUT2D eigenvalue weighted by Gasteiger charge is 2.15. The summed E-state index contributed by atoms with van der Waals surface area (Å²) in [6.45, 7) is 4.26. The lowest BCUT2D eigenvalue weighted by Crippen LogP contribution is -2.27. The Labute approximate surface area is 131 Å². The standard InChI is InChI=1S/C15H17BrN2O3/c1-3-21-13(19)8-9-18-14(10(2)16)17-12-7-5-4-6-11(12)15(18)20/h4-7,10H,3,8-9H2,1-2H3. The summed E-state index contributed by atoms with van der Waals surface area (Å²) in [7, 11) is 0. The number of fused-ring (bicyclic) bond motifs is 1. The van der Waals surface area contributed by atoms with E-state index in [4.69, 9.17) is 4.74 Å². The molecule has 2 aromatic rings. The van der Waals surface area contributed by atoms with E-state index in [-0.39, 0.29) is 29.3 Å². The van der Waals surface area contributed by atoms with Gasteiger partial charge >= 0.3 is 5.97 Å². The number of carbonyl (C=O) groups excluding carboxylic acids is 1. The maximum absolute atomic E-state index is 12.6. The molecule has 0 amide bonds. The molecule has 1 aromatic carbocycles. The molecule has 21 heavy (non-hydrogen) atoms. The van der Waals surface area contributed by atoms with Crippen molar-refractivity contribution in [3.63, 3.8) is 0 Å². The van der Waals surface area contributed by atoms with Crippen LogP contribution in [-0.4, -0.2) is 22.1 Å². The molecular formula is C15H17BrN2O3. The fourth-order valence-electron chi connectivity index (χ4n) is 2.14. The molecule has 0 aliphatic carbocycles. The first-order chi connectivity index (χ1) is 10.0. The van der Waals surface area contributed by atoms with Crippen molar-refractivity contribution in [1.82, 2.24) is 9.55 Å². The number of benzene rings is 1. The minimum Gasteiger partial charge on any atom is -0.466 e. The summed E-state index contributed by atoms with van der Waals surface area (Å²) in [4.78, 5) is 28.5. The Morgan fingerprint density at radius 3 is 2.81 bits per heavy atom. The molecule has 1 heterocycles. The molecule has 1 aromatic heterocycles. The quantitative estimate of drug-likeness (QED) is 0.613. The molecule has 0 bridgehead atoms. The fraction of sp³-hybridized carbons (Fsp3) is 0.400. The number of nitrogens with zero attached hydrogens (tertiary/aromatic N) is 2. The molecule has 0 aliphatic heterocycles. The van der Waals surface area contributed by atoms with Crippen molar-refractivity contribution >= 4 is 32.8 Å². The smallest absolute Gasteiger partial charge is 0.307 e. The largest absolute Gasteiger partial charge is 0.466 e. The molecule has 0 spiro atoms. The maximum Gasteiger partial charge on any atom is 0.307 e. The summed E-state index contributed by atoms with van der Waals surface area (Å²) in [6, 6.07) is 7.21. The number of esters is 1. The van der Waals surface area contributed by atoms with Gasteiger partial charge in [-0.1, -0.05) is 28.1 Å². The first-order valence-electron chi connectivity index (χ1n) is 6.83. The number of halogens is 1. The molecule has 0 N–H and O–H groups in total. The van der Waals surface area contributed by atoms with E-state index in [1.165, 1.54) is 0 Å². The SMILES string of the molecule is CCOC(=O)CCn1c(C(C)Br)nc2ccccc2c1=O. The van der Waals surface area contributed by atoms with Crippen LogP contribution in [0.5, 0.6) is 0 Å². The van der Waals surface area contributed by atoms with Gasteiger partial charge in [-0.3, -0.25) is 14.2 Å². The Balaban J connectivity index is 2.45. The van der Waals surface area contributed by atoms with Gasteiger partial charge in [-0.2, -0.15) is 0 Å². The predicted molar refractivity (Wildman–Crippen MR) is 84.6 cm³/mol. The normalized spacial score (nSPS) is 12.3. The number of alkyl halides is 1. The van der Waals surface area contributed by atoms with Crippen LogP contribution in [0.1, 0.15) is 30.9 Å². The molecule has 6 heteroatoms. The van der Waals surface area contributed by atoms with Crippen LogP contribution in [0.3, 0.4) is 0 Å². The Morgan fingerprint density at radius 1 is 1.43 bits per heavy atom. The van der Waals surface area contributed by atoms with Crippen LogP contribution < -0.4 is 5.56 Å². The molecule has 1 unspecified atom stereocenters. The minimum atomic E-state index is -0.314. The first-order valence-corrected chi connectivity index (χ1v) is 7.75. The molecule has 0 fully saturated rings. The second-order valence-electron chi connectivity index (χ2n) is 4.61. The number of hydrogen-bond donors (Lipinski definition) is 0. The predicted octanol–water partition coefficient (Wildman–Crippen LogP) is 2.81. The van der Waals surface area contributed by atoms with Gasteiger partial charge in [0.1, 0.15) is 5.82 Å². The van der Waals surface area contributed by atoms with E-state index >= 15 is 0 Å². The summed E-state index contributed by atoms with van der Waals surface area (Å²) < 4.78 is 6.45. The summed E-state index contributed by atoms with van der Waals surface area (Å²) in [5.41, 5.74) is 0.530. The molecule has 0 saturated heterocycles. The fourth-order valence-corrected chi connectivity index (χ4v) is 2.49. The van der Waals surface area contributed by atoms with Gasteiger partial charge in [0.2, 0.25) is 0 Å². The summed E-state index contributed by atoms with van der Waals surface area (Å²) >= 11 is 3.45. The van der Waals surface area contributed by atoms with E-state index in [1.807, 2.05) is 19.1 Å². The van der Waals surface area contributed by atoms with Gasteiger partial charge in [0.25, 0.3) is 5.56 Å². The number of rotatable bonds is 5. The molecule has 0 aliphatic rings. The third kappa shape index (κ3) is 3.50. The van der Waals surface area contributed by atoms with E-state index < -0.39 is 0 Å². The second-order valence-corrected chi connectivity index (χ2v) is 5.99. The maximum atomic E-state index is 12.6. The van der Waals surface area contributed by atoms with Crippen LogP contribution in [0.2, 0.25) is 0 Å². The lowest BCUT2D eigenvalue weighted by molar-refractivity contribution is -0.143. The van der Waals surface area contributed by atoms with Crippen LogP contribution >= 0.6 is 15.9 Å². The highest BCUT2D eigenvalue weighted by Crippen LogP contribution is 2.20. The van der Waals surface area contributed by atoms with Gasteiger partial charge in [-0.25, -0.2) is 4.98 Å². The number of para-hydroxylation sites is 1. The van der Waals surface area contributed by atoms with Crippen molar-refractivity contribution in [3.8, 4) is 0 Å². The van der Waals surface area contributed by atoms with E-state index in [2.05, 4.69) is 20.9 Å². The average molecular weight is 353 g/mol. The number of aromatic nitrogens is 2. The Morgan fingerprint density at radius 2 is 2.14 bits per heavy atom. The van der Waals surface area contributed by atoms with E-state index in [0.29, 0.717) is 23.3 Å². The van der Waals surface area contributed by atoms with Crippen LogP contribution in [-0.2, 0) is 16.1 Å². The zero-order valence-electron chi connectivity index (χ0n) is 12.0. The number of carbonyl (C=O) groups is 1. The lowest BCUT2D eigenvalue weighted by Gasteiger charge is -2.14. The molecule has 0 saturated carbocycles. The van der Waals surface area contributed by atoms with Crippen LogP contribution in [0.15, 0.2) is 29.1 Å². The number of hydrogen-bond acceptors (Lipinski definition) is 4. The van der Waals surface area contributed by atoms with E-state index in [0.717, 1.165) is 0 Å². The van der Waals surface area contributed by atoms with Crippen molar-refractivity contribution < 1.29 is 9.53 Å². The van der Waals surface area contributed by atoms with Gasteiger partial charge in [-0.05, 0) is 26.0 Å². The monoisotopic (exact) mass is 352 g/mol. The van der Waals surface area contributed by atoms with Crippen molar-refractivity contribution in [2.75, 3.05) is 6.61 Å². The third-order valence-electron chi connectivity index (χ3n) is 3.09. The third-order valence-corrected chi connectivity index (χ3v) is 3.50. The second kappa shape index (κ2) is 6.85. The highest BCUT2D eigenvalue weighted by atomic mass is 79.9. The van der Waals surface area contributed by atoms with Crippen LogP contribution in [0.4, 0.5) is 0 Å². The van der Waals surface area contributed by atoms with E-state index in [1.54, 1.807) is 23.6 Å². The number of ether oxygens (including phenoxy) is 1. The van der Waals surface area contributed by atoms with Crippen molar-refractivity contribution in [2.24, 2.45) is 0 Å². The zero-order chi connectivity index (χ0) is 15.4. The Kier molecular flexibility index (Phi) is 5.12. The zero-order valence-corrected chi connectivity index (χ0v) is 13.6. The Hall–Kier alpha value is -1.69. The van der Waals surface area contributed by atoms with Crippen LogP contribution in [0.25, 0.3) is 10.9 Å². The summed E-state index contributed by atoms with van der Waals surface area (Å²) in [5, 5.41) is 0.554. The molecule has 2 rings (SSSR count). The lowest BCUT2D eigenvalue weighted by atomic mass is 10.2. The van der Waals surface area contributed by atoms with Gasteiger partial charge in [0, 0.05) is 6.54 Å². The Bertz CT molecular complexity index is 710. The van der Waals surface area contributed by atoms with Gasteiger partial charge in [0.15, 0.2) is 0 Å². The van der Waals surface area contributed by atoms with E-state index in [9.17, 15) is 9.59 Å².